The molecule has 3 aromatic rings. The third-order valence-electron chi connectivity index (χ3n) is 4.98. The highest BCUT2D eigenvalue weighted by Crippen LogP contribution is 2.32. The van der Waals surface area contributed by atoms with Crippen molar-refractivity contribution < 1.29 is 0 Å². The number of halogens is 1. The summed E-state index contributed by atoms with van der Waals surface area (Å²) in [6.07, 6.45) is 4.18. The van der Waals surface area contributed by atoms with Crippen LogP contribution in [0.25, 0.3) is 22.4 Å². The molecule has 1 aliphatic heterocycles. The normalized spacial score (nSPS) is 16.0. The molecule has 0 saturated carbocycles. The predicted octanol–water partition coefficient (Wildman–Crippen LogP) is 4.53. The van der Waals surface area contributed by atoms with Crippen molar-refractivity contribution in [2.45, 2.75) is 19.8 Å². The number of rotatable bonds is 2. The molecule has 0 spiro atoms. The van der Waals surface area contributed by atoms with Gasteiger partial charge in [0, 0.05) is 31.9 Å². The molecule has 0 atom stereocenters. The fourth-order valence-electron chi connectivity index (χ4n) is 3.40. The molecule has 4 rings (SSSR count). The van der Waals surface area contributed by atoms with E-state index in [1.54, 1.807) is 6.20 Å². The van der Waals surface area contributed by atoms with E-state index >= 15 is 0 Å². The Hall–Kier alpha value is -2.07. The maximum absolute atomic E-state index is 6.46. The number of aryl methyl sites for hydroxylation is 1. The maximum atomic E-state index is 6.46. The lowest BCUT2D eigenvalue weighted by Gasteiger charge is -2.31. The summed E-state index contributed by atoms with van der Waals surface area (Å²) in [5.74, 6) is 2.68. The lowest BCUT2D eigenvalue weighted by atomic mass is 9.99. The summed E-state index contributed by atoms with van der Waals surface area (Å²) < 4.78 is 2.10. The van der Waals surface area contributed by atoms with Crippen LogP contribution in [0.15, 0.2) is 36.5 Å². The molecular formula is C19H21ClN4. The first-order valence-electron chi connectivity index (χ1n) is 8.46. The van der Waals surface area contributed by atoms with Crippen LogP contribution >= 0.6 is 11.6 Å². The Morgan fingerprint density at radius 2 is 1.92 bits per heavy atom. The number of hydrogen-bond donors (Lipinski definition) is 0. The Morgan fingerprint density at radius 1 is 1.17 bits per heavy atom. The van der Waals surface area contributed by atoms with Crippen molar-refractivity contribution in [1.82, 2.24) is 14.5 Å². The van der Waals surface area contributed by atoms with Gasteiger partial charge < -0.3 is 9.47 Å². The number of nitrogens with zero attached hydrogens (tertiary/aromatic N) is 4. The van der Waals surface area contributed by atoms with Crippen LogP contribution in [0.1, 0.15) is 19.8 Å². The van der Waals surface area contributed by atoms with Crippen molar-refractivity contribution in [3.05, 3.63) is 41.6 Å². The van der Waals surface area contributed by atoms with E-state index in [0.29, 0.717) is 5.02 Å². The van der Waals surface area contributed by atoms with Gasteiger partial charge in [0.25, 0.3) is 0 Å². The van der Waals surface area contributed by atoms with E-state index in [9.17, 15) is 0 Å². The molecule has 1 fully saturated rings. The minimum absolute atomic E-state index is 0.641. The fraction of sp³-hybridized carbons (Fsp3) is 0.368. The first-order chi connectivity index (χ1) is 11.6. The fourth-order valence-corrected chi connectivity index (χ4v) is 3.58. The molecule has 4 nitrogen and oxygen atoms in total. The van der Waals surface area contributed by atoms with Crippen LogP contribution in [-0.2, 0) is 7.05 Å². The van der Waals surface area contributed by atoms with Crippen LogP contribution in [0.4, 0.5) is 5.82 Å². The Labute approximate surface area is 147 Å². The summed E-state index contributed by atoms with van der Waals surface area (Å²) in [4.78, 5) is 11.7. The number of fused-ring (bicyclic) bond motifs is 1. The molecule has 1 saturated heterocycles. The zero-order valence-electron chi connectivity index (χ0n) is 14.0. The van der Waals surface area contributed by atoms with Gasteiger partial charge >= 0.3 is 0 Å². The second-order valence-corrected chi connectivity index (χ2v) is 7.08. The molecule has 1 aliphatic rings. The van der Waals surface area contributed by atoms with Crippen LogP contribution in [-0.4, -0.2) is 27.6 Å². The molecule has 0 amide bonds. The standard InChI is InChI=1S/C19H21ClN4/c1-13-7-9-24(10-8-13)18-11-14(15(20)12-21-18)19-22-16-5-3-4-6-17(16)23(19)2/h3-6,11-13H,7-10H2,1-2H3. The predicted molar refractivity (Wildman–Crippen MR) is 99.6 cm³/mol. The highest BCUT2D eigenvalue weighted by Gasteiger charge is 2.19. The van der Waals surface area contributed by atoms with Gasteiger partial charge in [0.1, 0.15) is 11.6 Å². The molecule has 5 heteroatoms. The maximum Gasteiger partial charge on any atom is 0.142 e. The number of benzene rings is 1. The Balaban J connectivity index is 1.77. The molecule has 0 bridgehead atoms. The Morgan fingerprint density at radius 3 is 2.67 bits per heavy atom. The first kappa shape index (κ1) is 15.5. The average molecular weight is 341 g/mol. The van der Waals surface area contributed by atoms with E-state index in [1.807, 2.05) is 25.2 Å². The lowest BCUT2D eigenvalue weighted by Crippen LogP contribution is -2.33. The van der Waals surface area contributed by atoms with Gasteiger partial charge in [-0.15, -0.1) is 0 Å². The van der Waals surface area contributed by atoms with Gasteiger partial charge in [0.05, 0.1) is 16.1 Å². The molecular weight excluding hydrogens is 320 g/mol. The topological polar surface area (TPSA) is 34.0 Å². The van der Waals surface area contributed by atoms with Gasteiger partial charge in [-0.05, 0) is 37.0 Å². The highest BCUT2D eigenvalue weighted by molar-refractivity contribution is 6.33. The molecule has 0 radical (unpaired) electrons. The minimum atomic E-state index is 0.641. The third kappa shape index (κ3) is 2.65. The van der Waals surface area contributed by atoms with Gasteiger partial charge in [0.15, 0.2) is 0 Å². The van der Waals surface area contributed by atoms with Crippen LogP contribution in [0, 0.1) is 5.92 Å². The van der Waals surface area contributed by atoms with E-state index in [1.165, 1.54) is 12.8 Å². The van der Waals surface area contributed by atoms with Gasteiger partial charge in [-0.2, -0.15) is 0 Å². The quantitative estimate of drug-likeness (QED) is 0.687. The van der Waals surface area contributed by atoms with Crippen LogP contribution in [0.2, 0.25) is 5.02 Å². The van der Waals surface area contributed by atoms with E-state index in [0.717, 1.165) is 47.2 Å². The number of hydrogen-bond acceptors (Lipinski definition) is 3. The van der Waals surface area contributed by atoms with E-state index in [2.05, 4.69) is 33.5 Å². The van der Waals surface area contributed by atoms with Crippen LogP contribution in [0.5, 0.6) is 0 Å². The largest absolute Gasteiger partial charge is 0.357 e. The average Bonchev–Trinajstić information content (AvgIpc) is 2.93. The Bertz CT molecular complexity index is 878. The molecule has 2 aromatic heterocycles. The second-order valence-electron chi connectivity index (χ2n) is 6.68. The summed E-state index contributed by atoms with van der Waals surface area (Å²) in [6.45, 7) is 4.42. The first-order valence-corrected chi connectivity index (χ1v) is 8.83. The third-order valence-corrected chi connectivity index (χ3v) is 5.28. The van der Waals surface area contributed by atoms with Crippen molar-refractivity contribution in [3.63, 3.8) is 0 Å². The minimum Gasteiger partial charge on any atom is -0.357 e. The van der Waals surface area contributed by atoms with Crippen molar-refractivity contribution >= 4 is 28.5 Å². The molecule has 124 valence electrons. The monoisotopic (exact) mass is 340 g/mol. The van der Waals surface area contributed by atoms with E-state index in [-0.39, 0.29) is 0 Å². The molecule has 0 unspecified atom stereocenters. The van der Waals surface area contributed by atoms with Gasteiger partial charge in [-0.1, -0.05) is 30.7 Å². The van der Waals surface area contributed by atoms with Gasteiger partial charge in [-0.25, -0.2) is 9.97 Å². The number of anilines is 1. The smallest absolute Gasteiger partial charge is 0.142 e. The number of para-hydroxylation sites is 2. The highest BCUT2D eigenvalue weighted by atomic mass is 35.5. The number of imidazole rings is 1. The van der Waals surface area contributed by atoms with Crippen LogP contribution in [0.3, 0.4) is 0 Å². The van der Waals surface area contributed by atoms with E-state index < -0.39 is 0 Å². The molecule has 0 aliphatic carbocycles. The molecule has 24 heavy (non-hydrogen) atoms. The molecule has 0 N–H and O–H groups in total. The summed E-state index contributed by atoms with van der Waals surface area (Å²) in [6, 6.07) is 10.2. The lowest BCUT2D eigenvalue weighted by molar-refractivity contribution is 0.436. The van der Waals surface area contributed by atoms with Crippen molar-refractivity contribution in [2.24, 2.45) is 13.0 Å². The summed E-state index contributed by atoms with van der Waals surface area (Å²) in [5, 5.41) is 0.641. The summed E-state index contributed by atoms with van der Waals surface area (Å²) >= 11 is 6.46. The zero-order valence-corrected chi connectivity index (χ0v) is 14.8. The number of pyridine rings is 1. The van der Waals surface area contributed by atoms with Crippen LogP contribution < -0.4 is 4.90 Å². The molecule has 3 heterocycles. The van der Waals surface area contributed by atoms with Crippen molar-refractivity contribution in [1.29, 1.82) is 0 Å². The van der Waals surface area contributed by atoms with Gasteiger partial charge in [-0.3, -0.25) is 0 Å². The SMILES string of the molecule is CC1CCN(c2cc(-c3nc4ccccc4n3C)c(Cl)cn2)CC1. The van der Waals surface area contributed by atoms with Crippen molar-refractivity contribution in [2.75, 3.05) is 18.0 Å². The van der Waals surface area contributed by atoms with E-state index in [4.69, 9.17) is 16.6 Å². The van der Waals surface area contributed by atoms with Crippen molar-refractivity contribution in [3.8, 4) is 11.4 Å². The second kappa shape index (κ2) is 6.10. The summed E-state index contributed by atoms with van der Waals surface area (Å²) in [5.41, 5.74) is 3.03. The Kier molecular flexibility index (Phi) is 3.93. The molecule has 1 aromatic carbocycles. The summed E-state index contributed by atoms with van der Waals surface area (Å²) in [7, 11) is 2.03. The number of piperidine rings is 1. The number of aromatic nitrogens is 3. The zero-order chi connectivity index (χ0) is 16.7. The van der Waals surface area contributed by atoms with Gasteiger partial charge in [0.2, 0.25) is 0 Å².